The van der Waals surface area contributed by atoms with Crippen LogP contribution >= 0.6 is 11.3 Å². The van der Waals surface area contributed by atoms with Crippen LogP contribution in [0.4, 0.5) is 5.13 Å². The van der Waals surface area contributed by atoms with Gasteiger partial charge in [-0.25, -0.2) is 9.50 Å². The number of hydrogen-bond acceptors (Lipinski definition) is 5. The zero-order chi connectivity index (χ0) is 16.2. The van der Waals surface area contributed by atoms with E-state index in [0.717, 1.165) is 35.4 Å². The van der Waals surface area contributed by atoms with Gasteiger partial charge < -0.3 is 5.32 Å². The van der Waals surface area contributed by atoms with Crippen molar-refractivity contribution in [2.24, 2.45) is 0 Å². The van der Waals surface area contributed by atoms with Crippen LogP contribution in [0.3, 0.4) is 0 Å². The molecule has 5 nitrogen and oxygen atoms in total. The largest absolute Gasteiger partial charge is 0.358 e. The van der Waals surface area contributed by atoms with Crippen LogP contribution in [-0.2, 0) is 0 Å². The van der Waals surface area contributed by atoms with Crippen molar-refractivity contribution in [1.29, 1.82) is 0 Å². The van der Waals surface area contributed by atoms with Crippen LogP contribution in [0, 0.1) is 6.92 Å². The molecule has 3 rings (SSSR count). The summed E-state index contributed by atoms with van der Waals surface area (Å²) < 4.78 is 1.84. The molecule has 122 valence electrons. The second kappa shape index (κ2) is 7.10. The number of likely N-dealkylation sites (N-methyl/N-ethyl adjacent to an activating group) is 1. The highest BCUT2D eigenvalue weighted by molar-refractivity contribution is 7.20. The molecule has 2 aromatic heterocycles. The molecule has 0 saturated heterocycles. The smallest absolute Gasteiger partial charge is 0.214 e. The molecule has 3 aromatic rings. The van der Waals surface area contributed by atoms with Gasteiger partial charge in [0.05, 0.1) is 17.9 Å². The standard InChI is InChI=1S/C17H23N5S/c1-4-21(5-2)15(14-9-7-6-8-10-14)11-18-16-20-22-12-13(3)19-17(22)23-16/h6-10,12,15H,4-5,11H2,1-3H3,(H,18,20). The van der Waals surface area contributed by atoms with Crippen LogP contribution in [0.15, 0.2) is 36.5 Å². The first kappa shape index (κ1) is 16.0. The van der Waals surface area contributed by atoms with Gasteiger partial charge in [-0.2, -0.15) is 0 Å². The van der Waals surface area contributed by atoms with Gasteiger partial charge in [-0.15, -0.1) is 5.10 Å². The number of anilines is 1. The van der Waals surface area contributed by atoms with Crippen LogP contribution < -0.4 is 5.32 Å². The molecule has 1 aromatic carbocycles. The van der Waals surface area contributed by atoms with Crippen LogP contribution in [0.25, 0.3) is 4.96 Å². The predicted octanol–water partition coefficient (Wildman–Crippen LogP) is 3.59. The number of aromatic nitrogens is 3. The highest BCUT2D eigenvalue weighted by atomic mass is 32.1. The van der Waals surface area contributed by atoms with Gasteiger partial charge >= 0.3 is 0 Å². The van der Waals surface area contributed by atoms with Crippen molar-refractivity contribution in [3.8, 4) is 0 Å². The Morgan fingerprint density at radius 3 is 2.61 bits per heavy atom. The molecule has 6 heteroatoms. The Morgan fingerprint density at radius 2 is 1.96 bits per heavy atom. The van der Waals surface area contributed by atoms with Crippen molar-refractivity contribution in [3.63, 3.8) is 0 Å². The van der Waals surface area contributed by atoms with Gasteiger partial charge in [0, 0.05) is 6.54 Å². The zero-order valence-electron chi connectivity index (χ0n) is 13.9. The Hall–Kier alpha value is -1.92. The van der Waals surface area contributed by atoms with Crippen molar-refractivity contribution in [1.82, 2.24) is 19.5 Å². The topological polar surface area (TPSA) is 45.5 Å². The van der Waals surface area contributed by atoms with E-state index in [1.165, 1.54) is 5.56 Å². The summed E-state index contributed by atoms with van der Waals surface area (Å²) >= 11 is 1.59. The summed E-state index contributed by atoms with van der Waals surface area (Å²) in [7, 11) is 0. The molecule has 0 bridgehead atoms. The second-order valence-electron chi connectivity index (χ2n) is 5.55. The summed E-state index contributed by atoms with van der Waals surface area (Å²) in [5.41, 5.74) is 2.33. The first-order chi connectivity index (χ1) is 11.2. The lowest BCUT2D eigenvalue weighted by atomic mass is 10.1. The first-order valence-corrected chi connectivity index (χ1v) is 8.88. The quantitative estimate of drug-likeness (QED) is 0.719. The molecule has 0 radical (unpaired) electrons. The second-order valence-corrected chi connectivity index (χ2v) is 6.50. The molecule has 1 unspecified atom stereocenters. The van der Waals surface area contributed by atoms with Crippen molar-refractivity contribution < 1.29 is 0 Å². The number of aryl methyl sites for hydroxylation is 1. The fraction of sp³-hybridized carbons (Fsp3) is 0.412. The van der Waals surface area contributed by atoms with E-state index < -0.39 is 0 Å². The van der Waals surface area contributed by atoms with Crippen LogP contribution in [-0.4, -0.2) is 39.1 Å². The monoisotopic (exact) mass is 329 g/mol. The third-order valence-electron chi connectivity index (χ3n) is 4.05. The Morgan fingerprint density at radius 1 is 1.22 bits per heavy atom. The van der Waals surface area contributed by atoms with Gasteiger partial charge in [0.2, 0.25) is 10.1 Å². The summed E-state index contributed by atoms with van der Waals surface area (Å²) in [6.07, 6.45) is 1.95. The molecule has 0 saturated carbocycles. The van der Waals surface area contributed by atoms with Crippen molar-refractivity contribution in [2.45, 2.75) is 26.8 Å². The first-order valence-electron chi connectivity index (χ1n) is 8.07. The molecule has 1 N–H and O–H groups in total. The van der Waals surface area contributed by atoms with E-state index in [1.54, 1.807) is 11.3 Å². The minimum Gasteiger partial charge on any atom is -0.358 e. The van der Waals surface area contributed by atoms with Crippen LogP contribution in [0.2, 0.25) is 0 Å². The molecule has 0 fully saturated rings. The van der Waals surface area contributed by atoms with E-state index in [9.17, 15) is 0 Å². The average molecular weight is 329 g/mol. The number of fused-ring (bicyclic) bond motifs is 1. The van der Waals surface area contributed by atoms with Crippen molar-refractivity contribution in [3.05, 3.63) is 47.8 Å². The summed E-state index contributed by atoms with van der Waals surface area (Å²) in [6.45, 7) is 9.29. The van der Waals surface area contributed by atoms with Gasteiger partial charge in [-0.1, -0.05) is 55.5 Å². The highest BCUT2D eigenvalue weighted by Gasteiger charge is 2.18. The lowest BCUT2D eigenvalue weighted by Gasteiger charge is -2.30. The lowest BCUT2D eigenvalue weighted by molar-refractivity contribution is 0.228. The maximum absolute atomic E-state index is 4.55. The number of nitrogens with one attached hydrogen (secondary N) is 1. The van der Waals surface area contributed by atoms with Crippen LogP contribution in [0.5, 0.6) is 0 Å². The Bertz CT molecular complexity index is 713. The Balaban J connectivity index is 1.76. The molecule has 23 heavy (non-hydrogen) atoms. The summed E-state index contributed by atoms with van der Waals surface area (Å²) in [5, 5.41) is 8.96. The Labute approximate surface area is 141 Å². The number of hydrogen-bond donors (Lipinski definition) is 1. The summed E-state index contributed by atoms with van der Waals surface area (Å²) in [6, 6.07) is 11.0. The van der Waals surface area contributed by atoms with Crippen LogP contribution in [0.1, 0.15) is 31.1 Å². The fourth-order valence-electron chi connectivity index (χ4n) is 2.86. The van der Waals surface area contributed by atoms with Gasteiger partial charge in [-0.3, -0.25) is 4.90 Å². The number of imidazole rings is 1. The van der Waals surface area contributed by atoms with Gasteiger partial charge in [0.15, 0.2) is 0 Å². The highest BCUT2D eigenvalue weighted by Crippen LogP contribution is 2.23. The molecule has 0 aliphatic carbocycles. The number of rotatable bonds is 7. The SMILES string of the molecule is CCN(CC)C(CNc1nn2cc(C)nc2s1)c1ccccc1. The predicted molar refractivity (Wildman–Crippen MR) is 96.2 cm³/mol. The average Bonchev–Trinajstić information content (AvgIpc) is 3.09. The normalized spacial score (nSPS) is 12.9. The van der Waals surface area contributed by atoms with Crippen molar-refractivity contribution in [2.75, 3.05) is 25.0 Å². The van der Waals surface area contributed by atoms with Gasteiger partial charge in [0.25, 0.3) is 0 Å². The van der Waals surface area contributed by atoms with E-state index in [0.29, 0.717) is 6.04 Å². The minimum absolute atomic E-state index is 0.337. The zero-order valence-corrected chi connectivity index (χ0v) is 14.7. The van der Waals surface area contributed by atoms with E-state index in [2.05, 4.69) is 64.5 Å². The molecule has 0 aliphatic rings. The third kappa shape index (κ3) is 3.54. The van der Waals surface area contributed by atoms with E-state index in [1.807, 2.05) is 17.6 Å². The molecule has 0 amide bonds. The van der Waals surface area contributed by atoms with E-state index >= 15 is 0 Å². The lowest BCUT2D eigenvalue weighted by Crippen LogP contribution is -2.33. The summed E-state index contributed by atoms with van der Waals surface area (Å²) in [4.78, 5) is 7.85. The molecular weight excluding hydrogens is 306 g/mol. The maximum Gasteiger partial charge on any atom is 0.214 e. The fourth-order valence-corrected chi connectivity index (χ4v) is 3.70. The number of benzene rings is 1. The summed E-state index contributed by atoms with van der Waals surface area (Å²) in [5.74, 6) is 0. The van der Waals surface area contributed by atoms with Gasteiger partial charge in [-0.05, 0) is 25.6 Å². The minimum atomic E-state index is 0.337. The van der Waals surface area contributed by atoms with Crippen molar-refractivity contribution >= 4 is 21.4 Å². The third-order valence-corrected chi connectivity index (χ3v) is 4.93. The molecular formula is C17H23N5S. The molecule has 2 heterocycles. The maximum atomic E-state index is 4.55. The number of nitrogens with zero attached hydrogens (tertiary/aromatic N) is 4. The van der Waals surface area contributed by atoms with E-state index in [-0.39, 0.29) is 0 Å². The molecule has 0 spiro atoms. The Kier molecular flexibility index (Phi) is 4.93. The van der Waals surface area contributed by atoms with E-state index in [4.69, 9.17) is 0 Å². The molecule has 0 aliphatic heterocycles. The van der Waals surface area contributed by atoms with Gasteiger partial charge in [0.1, 0.15) is 0 Å². The molecule has 1 atom stereocenters.